The maximum Gasteiger partial charge on any atom is 0.361 e. The Morgan fingerprint density at radius 2 is 1.80 bits per heavy atom. The lowest BCUT2D eigenvalue weighted by Crippen LogP contribution is -2.45. The molecule has 0 aromatic carbocycles. The lowest BCUT2D eigenvalue weighted by atomic mass is 10.2. The highest BCUT2D eigenvalue weighted by atomic mass is 16.5. The fraction of sp³-hybridized carbons (Fsp3) is 0.917. The Balaban J connectivity index is 3.70. The summed E-state index contributed by atoms with van der Waals surface area (Å²) in [7, 11) is 4.17. The van der Waals surface area contributed by atoms with Crippen molar-refractivity contribution in [1.82, 2.24) is 0 Å². The number of nitrogens with zero attached hydrogens (tertiary/aromatic N) is 1. The van der Waals surface area contributed by atoms with Crippen LogP contribution in [0.1, 0.15) is 39.5 Å². The van der Waals surface area contributed by atoms with Gasteiger partial charge in [-0.25, -0.2) is 4.79 Å². The Morgan fingerprint density at radius 1 is 1.13 bits per heavy atom. The highest BCUT2D eigenvalue weighted by molar-refractivity contribution is 5.70. The van der Waals surface area contributed by atoms with E-state index in [4.69, 9.17) is 4.74 Å². The van der Waals surface area contributed by atoms with Gasteiger partial charge in [0, 0.05) is 0 Å². The molecule has 0 fully saturated rings. The maximum absolute atomic E-state index is 11.3. The van der Waals surface area contributed by atoms with E-state index in [2.05, 4.69) is 21.0 Å². The van der Waals surface area contributed by atoms with Crippen LogP contribution in [-0.2, 0) is 9.53 Å². The quantitative estimate of drug-likeness (QED) is 0.353. The van der Waals surface area contributed by atoms with Gasteiger partial charge in [-0.05, 0) is 19.8 Å². The Labute approximate surface area is 94.0 Å². The molecule has 0 bridgehead atoms. The summed E-state index contributed by atoms with van der Waals surface area (Å²) < 4.78 is 5.69. The van der Waals surface area contributed by atoms with Gasteiger partial charge in [0.1, 0.15) is 0 Å². The van der Waals surface area contributed by atoms with E-state index in [9.17, 15) is 4.79 Å². The number of ether oxygens (including phenoxy) is 1. The first-order valence-electron chi connectivity index (χ1n) is 5.99. The number of likely N-dealkylation sites (N-methyl/N-ethyl adjacent to an activating group) is 1. The van der Waals surface area contributed by atoms with Crippen molar-refractivity contribution in [3.63, 3.8) is 0 Å². The van der Waals surface area contributed by atoms with Gasteiger partial charge in [0.05, 0.1) is 27.2 Å². The third-order valence-corrected chi connectivity index (χ3v) is 2.48. The average Bonchev–Trinajstić information content (AvgIpc) is 2.12. The third-order valence-electron chi connectivity index (χ3n) is 2.48. The topological polar surface area (TPSA) is 26.3 Å². The van der Waals surface area contributed by atoms with Crippen LogP contribution >= 0.6 is 0 Å². The number of unbranched alkanes of at least 4 members (excludes halogenated alkanes) is 3. The predicted molar refractivity (Wildman–Crippen MR) is 62.6 cm³/mol. The van der Waals surface area contributed by atoms with Crippen molar-refractivity contribution in [3.05, 3.63) is 0 Å². The van der Waals surface area contributed by atoms with Crippen molar-refractivity contribution in [1.29, 1.82) is 0 Å². The molecule has 0 unspecified atom stereocenters. The van der Waals surface area contributed by atoms with Crippen LogP contribution < -0.4 is 0 Å². The molecule has 0 atom stereocenters. The monoisotopic (exact) mass is 216 g/mol. The number of carbonyl (C=O) groups is 1. The molecule has 0 amide bonds. The molecule has 0 rings (SSSR count). The van der Waals surface area contributed by atoms with Crippen LogP contribution in [0.4, 0.5) is 0 Å². The molecule has 0 N–H and O–H groups in total. The summed E-state index contributed by atoms with van der Waals surface area (Å²) in [5.74, 6) is -0.0852. The van der Waals surface area contributed by atoms with Gasteiger partial charge in [-0.15, -0.1) is 0 Å². The number of quaternary nitrogens is 1. The number of esters is 1. The van der Waals surface area contributed by atoms with E-state index in [-0.39, 0.29) is 5.97 Å². The summed E-state index contributed by atoms with van der Waals surface area (Å²) in [4.78, 5) is 11.3. The molecule has 90 valence electrons. The number of hydrogen-bond donors (Lipinski definition) is 0. The maximum atomic E-state index is 11.3. The standard InChI is InChI=1S/C12H26NO2/c1-5-7-8-9-10-13(3,4)11-12(14)15-6-2/h5-11H2,1-4H3/q+1. The molecule has 0 saturated heterocycles. The minimum Gasteiger partial charge on any atom is -0.462 e. The van der Waals surface area contributed by atoms with E-state index < -0.39 is 0 Å². The van der Waals surface area contributed by atoms with Gasteiger partial charge in [-0.3, -0.25) is 0 Å². The predicted octanol–water partition coefficient (Wildman–Crippen LogP) is 2.21. The van der Waals surface area contributed by atoms with Crippen molar-refractivity contribution < 1.29 is 14.0 Å². The molecule has 0 aliphatic heterocycles. The molecule has 3 heteroatoms. The molecule has 0 aromatic heterocycles. The SMILES string of the molecule is CCCCCC[N+](C)(C)CC(=O)OCC. The molecule has 15 heavy (non-hydrogen) atoms. The van der Waals surface area contributed by atoms with Crippen molar-refractivity contribution in [3.8, 4) is 0 Å². The summed E-state index contributed by atoms with van der Waals surface area (Å²) in [6, 6.07) is 0. The largest absolute Gasteiger partial charge is 0.462 e. The lowest BCUT2D eigenvalue weighted by molar-refractivity contribution is -0.883. The summed E-state index contributed by atoms with van der Waals surface area (Å²) in [6.07, 6.45) is 5.01. The van der Waals surface area contributed by atoms with E-state index in [0.717, 1.165) is 11.0 Å². The Hall–Kier alpha value is -0.570. The third kappa shape index (κ3) is 8.43. The van der Waals surface area contributed by atoms with Crippen LogP contribution in [0.15, 0.2) is 0 Å². The zero-order valence-electron chi connectivity index (χ0n) is 10.7. The van der Waals surface area contributed by atoms with Gasteiger partial charge >= 0.3 is 5.97 Å². The second-order valence-corrected chi connectivity index (χ2v) is 4.68. The summed E-state index contributed by atoms with van der Waals surface area (Å²) in [6.45, 7) is 6.07. The first-order chi connectivity index (χ1) is 7.02. The van der Waals surface area contributed by atoms with Crippen LogP contribution in [0, 0.1) is 0 Å². The Bertz CT molecular complexity index is 178. The highest BCUT2D eigenvalue weighted by Crippen LogP contribution is 2.05. The molecule has 0 saturated carbocycles. The molecule has 0 heterocycles. The number of hydrogen-bond acceptors (Lipinski definition) is 2. The number of rotatable bonds is 8. The van der Waals surface area contributed by atoms with Crippen molar-refractivity contribution in [2.45, 2.75) is 39.5 Å². The second kappa shape index (κ2) is 7.69. The summed E-state index contributed by atoms with van der Waals surface area (Å²) in [5.41, 5.74) is 0. The van der Waals surface area contributed by atoms with E-state index in [1.807, 2.05) is 6.92 Å². The molecule has 0 aliphatic carbocycles. The van der Waals surface area contributed by atoms with Gasteiger partial charge in [-0.1, -0.05) is 19.8 Å². The zero-order chi connectivity index (χ0) is 11.7. The van der Waals surface area contributed by atoms with Crippen molar-refractivity contribution in [2.75, 3.05) is 33.8 Å². The Kier molecular flexibility index (Phi) is 7.39. The molecule has 0 aliphatic rings. The van der Waals surface area contributed by atoms with E-state index in [1.54, 1.807) is 0 Å². The summed E-state index contributed by atoms with van der Waals surface area (Å²) in [5, 5.41) is 0. The van der Waals surface area contributed by atoms with Gasteiger partial charge in [-0.2, -0.15) is 0 Å². The van der Waals surface area contributed by atoms with Crippen molar-refractivity contribution >= 4 is 5.97 Å². The van der Waals surface area contributed by atoms with Crippen LogP contribution in [-0.4, -0.2) is 44.2 Å². The normalized spacial score (nSPS) is 11.5. The number of carbonyl (C=O) groups excluding carboxylic acids is 1. The van der Waals surface area contributed by atoms with Gasteiger partial charge in [0.15, 0.2) is 6.54 Å². The van der Waals surface area contributed by atoms with E-state index >= 15 is 0 Å². The molecule has 0 aromatic rings. The fourth-order valence-corrected chi connectivity index (χ4v) is 1.60. The van der Waals surface area contributed by atoms with Gasteiger partial charge < -0.3 is 9.22 Å². The zero-order valence-corrected chi connectivity index (χ0v) is 10.7. The van der Waals surface area contributed by atoms with Crippen LogP contribution in [0.3, 0.4) is 0 Å². The van der Waals surface area contributed by atoms with Gasteiger partial charge in [0.2, 0.25) is 0 Å². The minimum absolute atomic E-state index is 0.0852. The average molecular weight is 216 g/mol. The second-order valence-electron chi connectivity index (χ2n) is 4.68. The van der Waals surface area contributed by atoms with E-state index in [1.165, 1.54) is 25.7 Å². The molecule has 0 radical (unpaired) electrons. The first-order valence-corrected chi connectivity index (χ1v) is 5.99. The van der Waals surface area contributed by atoms with Crippen LogP contribution in [0.25, 0.3) is 0 Å². The minimum atomic E-state index is -0.0852. The first kappa shape index (κ1) is 14.4. The molecule has 3 nitrogen and oxygen atoms in total. The molecule has 0 spiro atoms. The molecular formula is C12H26NO2+. The van der Waals surface area contributed by atoms with Crippen LogP contribution in [0.5, 0.6) is 0 Å². The highest BCUT2D eigenvalue weighted by Gasteiger charge is 2.19. The lowest BCUT2D eigenvalue weighted by Gasteiger charge is -2.28. The van der Waals surface area contributed by atoms with Gasteiger partial charge in [0.25, 0.3) is 0 Å². The molecular weight excluding hydrogens is 190 g/mol. The smallest absolute Gasteiger partial charge is 0.361 e. The van der Waals surface area contributed by atoms with E-state index in [0.29, 0.717) is 13.2 Å². The van der Waals surface area contributed by atoms with Crippen LogP contribution in [0.2, 0.25) is 0 Å². The van der Waals surface area contributed by atoms with Crippen molar-refractivity contribution in [2.24, 2.45) is 0 Å². The Morgan fingerprint density at radius 3 is 2.33 bits per heavy atom. The summed E-state index contributed by atoms with van der Waals surface area (Å²) >= 11 is 0. The fourth-order valence-electron chi connectivity index (χ4n) is 1.60.